The molecule has 0 spiro atoms. The minimum atomic E-state index is 0.745. The molecule has 3 nitrogen and oxygen atoms in total. The molecule has 0 bridgehead atoms. The lowest BCUT2D eigenvalue weighted by molar-refractivity contribution is 0.354. The van der Waals surface area contributed by atoms with Gasteiger partial charge in [-0.15, -0.1) is 0 Å². The molecule has 3 heteroatoms. The Morgan fingerprint density at radius 2 is 1.82 bits per heavy atom. The van der Waals surface area contributed by atoms with Gasteiger partial charge in [-0.25, -0.2) is 0 Å². The zero-order chi connectivity index (χ0) is 15.5. The average Bonchev–Trinajstić information content (AvgIpc) is 2.92. The molecule has 0 saturated carbocycles. The summed E-state index contributed by atoms with van der Waals surface area (Å²) in [6.45, 7) is 3.91. The van der Waals surface area contributed by atoms with E-state index in [0.29, 0.717) is 0 Å². The predicted octanol–water partition coefficient (Wildman–Crippen LogP) is 4.42. The summed E-state index contributed by atoms with van der Waals surface area (Å²) < 4.78 is 10.7. The van der Waals surface area contributed by atoms with E-state index in [4.69, 9.17) is 9.47 Å². The first kappa shape index (κ1) is 14.3. The number of nitrogens with one attached hydrogen (secondary N) is 1. The van der Waals surface area contributed by atoms with Crippen molar-refractivity contribution in [2.24, 2.45) is 0 Å². The zero-order valence-electron chi connectivity index (χ0n) is 12.8. The number of ether oxygens (including phenoxy) is 2. The molecule has 0 aliphatic rings. The van der Waals surface area contributed by atoms with Gasteiger partial charge in [-0.05, 0) is 35.4 Å². The lowest BCUT2D eigenvalue weighted by Crippen LogP contribution is -1.94. The van der Waals surface area contributed by atoms with Gasteiger partial charge in [0.25, 0.3) is 0 Å². The summed E-state index contributed by atoms with van der Waals surface area (Å²) in [4.78, 5) is 3.41. The van der Waals surface area contributed by atoms with Gasteiger partial charge in [0.1, 0.15) is 0 Å². The second kappa shape index (κ2) is 5.98. The first-order valence-corrected chi connectivity index (χ1v) is 7.19. The van der Waals surface area contributed by atoms with Crippen LogP contribution in [0.15, 0.2) is 49.0 Å². The van der Waals surface area contributed by atoms with Crippen molar-refractivity contribution in [1.82, 2.24) is 4.98 Å². The molecule has 0 saturated heterocycles. The molecule has 1 aromatic heterocycles. The molecule has 2 aromatic carbocycles. The second-order valence-corrected chi connectivity index (χ2v) is 5.13. The van der Waals surface area contributed by atoms with Crippen molar-refractivity contribution in [2.75, 3.05) is 14.2 Å². The van der Waals surface area contributed by atoms with Crippen LogP contribution in [-0.2, 0) is 6.42 Å². The third-order valence-electron chi connectivity index (χ3n) is 3.88. The van der Waals surface area contributed by atoms with Crippen molar-refractivity contribution in [3.05, 3.63) is 65.9 Å². The molecule has 0 unspecified atom stereocenters. The fourth-order valence-corrected chi connectivity index (χ4v) is 2.78. The Morgan fingerprint density at radius 3 is 2.55 bits per heavy atom. The normalized spacial score (nSPS) is 10.6. The van der Waals surface area contributed by atoms with Gasteiger partial charge in [-0.3, -0.25) is 0 Å². The number of H-pyrrole nitrogens is 1. The number of aromatic amines is 1. The van der Waals surface area contributed by atoms with Crippen LogP contribution in [-0.4, -0.2) is 19.2 Å². The van der Waals surface area contributed by atoms with Crippen LogP contribution in [0.2, 0.25) is 0 Å². The largest absolute Gasteiger partial charge is 0.493 e. The molecule has 0 aliphatic heterocycles. The van der Waals surface area contributed by atoms with Crippen LogP contribution >= 0.6 is 0 Å². The minimum Gasteiger partial charge on any atom is -0.493 e. The van der Waals surface area contributed by atoms with E-state index >= 15 is 0 Å². The molecule has 0 fully saturated rings. The molecule has 0 atom stereocenters. The lowest BCUT2D eigenvalue weighted by atomic mass is 10.0. The number of aromatic nitrogens is 1. The number of hydrogen-bond acceptors (Lipinski definition) is 2. The molecule has 0 amide bonds. The molecule has 0 aliphatic carbocycles. The third kappa shape index (κ3) is 2.46. The molecular formula is C19H19NO2. The van der Waals surface area contributed by atoms with E-state index in [2.05, 4.69) is 35.8 Å². The monoisotopic (exact) mass is 293 g/mol. The van der Waals surface area contributed by atoms with Gasteiger partial charge in [0.05, 0.1) is 14.2 Å². The minimum absolute atomic E-state index is 0.745. The van der Waals surface area contributed by atoms with Crippen LogP contribution in [0.5, 0.6) is 11.5 Å². The highest BCUT2D eigenvalue weighted by atomic mass is 16.5. The highest BCUT2D eigenvalue weighted by molar-refractivity contribution is 5.87. The van der Waals surface area contributed by atoms with Crippen molar-refractivity contribution in [2.45, 2.75) is 6.42 Å². The summed E-state index contributed by atoms with van der Waals surface area (Å²) in [5.41, 5.74) is 4.62. The summed E-state index contributed by atoms with van der Waals surface area (Å²) in [6, 6.07) is 14.3. The van der Waals surface area contributed by atoms with Crippen LogP contribution in [0.25, 0.3) is 17.0 Å². The molecule has 0 radical (unpaired) electrons. The van der Waals surface area contributed by atoms with Gasteiger partial charge < -0.3 is 14.5 Å². The summed E-state index contributed by atoms with van der Waals surface area (Å²) in [5.74, 6) is 1.49. The van der Waals surface area contributed by atoms with Crippen LogP contribution in [0.3, 0.4) is 0 Å². The molecule has 22 heavy (non-hydrogen) atoms. The molecular weight excluding hydrogens is 274 g/mol. The van der Waals surface area contributed by atoms with E-state index in [1.165, 1.54) is 16.5 Å². The Bertz CT molecular complexity index is 817. The summed E-state index contributed by atoms with van der Waals surface area (Å²) in [5, 5.41) is 1.23. The van der Waals surface area contributed by atoms with Crippen molar-refractivity contribution >= 4 is 17.0 Å². The molecule has 112 valence electrons. The Hall–Kier alpha value is -2.68. The molecule has 3 aromatic rings. The Kier molecular flexibility index (Phi) is 3.88. The number of para-hydroxylation sites is 1. The number of fused-ring (bicyclic) bond motifs is 1. The second-order valence-electron chi connectivity index (χ2n) is 5.13. The van der Waals surface area contributed by atoms with E-state index in [9.17, 15) is 0 Å². The van der Waals surface area contributed by atoms with Gasteiger partial charge in [0, 0.05) is 23.0 Å². The number of hydrogen-bond donors (Lipinski definition) is 1. The maximum Gasteiger partial charge on any atom is 0.160 e. The van der Waals surface area contributed by atoms with Gasteiger partial charge in [0.15, 0.2) is 11.5 Å². The maximum atomic E-state index is 5.39. The zero-order valence-corrected chi connectivity index (χ0v) is 12.8. The number of benzene rings is 2. The standard InChI is InChI=1S/C19H19NO2/c1-4-16-15(14-7-5-6-8-17(14)20-16)11-13-9-10-18(21-2)19(12-13)22-3/h4-10,12,20H,1,11H2,2-3H3. The van der Waals surface area contributed by atoms with Crippen LogP contribution in [0.4, 0.5) is 0 Å². The molecule has 1 heterocycles. The van der Waals surface area contributed by atoms with Crippen molar-refractivity contribution in [1.29, 1.82) is 0 Å². The van der Waals surface area contributed by atoms with Gasteiger partial charge in [0.2, 0.25) is 0 Å². The topological polar surface area (TPSA) is 34.2 Å². The Labute approximate surface area is 130 Å². The van der Waals surface area contributed by atoms with Crippen LogP contribution in [0, 0.1) is 0 Å². The molecule has 1 N–H and O–H groups in total. The quantitative estimate of drug-likeness (QED) is 0.755. The van der Waals surface area contributed by atoms with E-state index in [1.807, 2.05) is 24.3 Å². The predicted molar refractivity (Wildman–Crippen MR) is 90.7 cm³/mol. The van der Waals surface area contributed by atoms with Crippen molar-refractivity contribution in [3.8, 4) is 11.5 Å². The van der Waals surface area contributed by atoms with Crippen molar-refractivity contribution in [3.63, 3.8) is 0 Å². The summed E-state index contributed by atoms with van der Waals surface area (Å²) in [7, 11) is 3.30. The summed E-state index contributed by atoms with van der Waals surface area (Å²) in [6.07, 6.45) is 2.68. The van der Waals surface area contributed by atoms with E-state index in [0.717, 1.165) is 29.1 Å². The van der Waals surface area contributed by atoms with E-state index < -0.39 is 0 Å². The summed E-state index contributed by atoms with van der Waals surface area (Å²) >= 11 is 0. The third-order valence-corrected chi connectivity index (χ3v) is 3.88. The number of rotatable bonds is 5. The Balaban J connectivity index is 2.04. The smallest absolute Gasteiger partial charge is 0.160 e. The number of methoxy groups -OCH3 is 2. The highest BCUT2D eigenvalue weighted by Gasteiger charge is 2.11. The lowest BCUT2D eigenvalue weighted by Gasteiger charge is -2.10. The van der Waals surface area contributed by atoms with E-state index in [-0.39, 0.29) is 0 Å². The van der Waals surface area contributed by atoms with Crippen LogP contribution < -0.4 is 9.47 Å². The van der Waals surface area contributed by atoms with Gasteiger partial charge in [-0.1, -0.05) is 30.8 Å². The Morgan fingerprint density at radius 1 is 1.05 bits per heavy atom. The fourth-order valence-electron chi connectivity index (χ4n) is 2.78. The van der Waals surface area contributed by atoms with Crippen molar-refractivity contribution < 1.29 is 9.47 Å². The SMILES string of the molecule is C=Cc1[nH]c2ccccc2c1Cc1ccc(OC)c(OC)c1. The maximum absolute atomic E-state index is 5.39. The van der Waals surface area contributed by atoms with Gasteiger partial charge in [-0.2, -0.15) is 0 Å². The van der Waals surface area contributed by atoms with Crippen LogP contribution in [0.1, 0.15) is 16.8 Å². The van der Waals surface area contributed by atoms with E-state index in [1.54, 1.807) is 14.2 Å². The first-order valence-electron chi connectivity index (χ1n) is 7.19. The molecule has 3 rings (SSSR count). The van der Waals surface area contributed by atoms with Gasteiger partial charge >= 0.3 is 0 Å². The average molecular weight is 293 g/mol. The highest BCUT2D eigenvalue weighted by Crippen LogP contribution is 2.31. The first-order chi connectivity index (χ1) is 10.8. The fraction of sp³-hybridized carbons (Fsp3) is 0.158.